The van der Waals surface area contributed by atoms with Crippen LogP contribution in [0.15, 0.2) is 45.7 Å². The summed E-state index contributed by atoms with van der Waals surface area (Å²) in [6.07, 6.45) is 4.82. The molecule has 152 valence electrons. The molecule has 1 aliphatic heterocycles. The van der Waals surface area contributed by atoms with E-state index in [9.17, 15) is 9.00 Å². The Morgan fingerprint density at radius 2 is 1.89 bits per heavy atom. The number of likely N-dealkylation sites (tertiary alicyclic amines) is 1. The number of nitrogens with one attached hydrogen (secondary N) is 1. The van der Waals surface area contributed by atoms with Crippen LogP contribution in [0.1, 0.15) is 42.0 Å². The molecule has 1 amide bonds. The highest BCUT2D eigenvalue weighted by molar-refractivity contribution is 7.84. The molecular weight excluding hydrogens is 376 g/mol. The molecule has 6 nitrogen and oxygen atoms in total. The number of carbonyl (C=O) groups excluding carboxylic acids is 1. The largest absolute Gasteiger partial charge is 0.497 e. The Balaban J connectivity index is 1.43. The van der Waals surface area contributed by atoms with Crippen molar-refractivity contribution in [2.24, 2.45) is 0 Å². The van der Waals surface area contributed by atoms with Gasteiger partial charge in [0.2, 0.25) is 0 Å². The van der Waals surface area contributed by atoms with Gasteiger partial charge in [0, 0.05) is 11.4 Å². The Bertz CT molecular complexity index is 782. The summed E-state index contributed by atoms with van der Waals surface area (Å²) in [7, 11) is 0.351. The van der Waals surface area contributed by atoms with Gasteiger partial charge in [0.1, 0.15) is 11.5 Å². The predicted octanol–water partition coefficient (Wildman–Crippen LogP) is 3.20. The van der Waals surface area contributed by atoms with Crippen molar-refractivity contribution in [3.63, 3.8) is 0 Å². The zero-order valence-corrected chi connectivity index (χ0v) is 17.1. The average Bonchev–Trinajstić information content (AvgIpc) is 3.20. The number of furan rings is 1. The molecule has 2 aromatic rings. The number of amides is 1. The van der Waals surface area contributed by atoms with Crippen molar-refractivity contribution in [2.75, 3.05) is 33.3 Å². The SMILES string of the molecule is COc1ccc([S@@](=O)Cc2ccc(C(=O)NCCCN3CCCCC3)o2)cc1. The van der Waals surface area contributed by atoms with Gasteiger partial charge in [0.25, 0.3) is 5.91 Å². The molecule has 0 aliphatic carbocycles. The fourth-order valence-corrected chi connectivity index (χ4v) is 4.31. The van der Waals surface area contributed by atoms with Gasteiger partial charge in [-0.3, -0.25) is 9.00 Å². The molecule has 1 N–H and O–H groups in total. The van der Waals surface area contributed by atoms with Gasteiger partial charge < -0.3 is 19.4 Å². The molecule has 1 aromatic carbocycles. The molecule has 28 heavy (non-hydrogen) atoms. The van der Waals surface area contributed by atoms with E-state index < -0.39 is 10.8 Å². The summed E-state index contributed by atoms with van der Waals surface area (Å²) in [6.45, 7) is 3.98. The summed E-state index contributed by atoms with van der Waals surface area (Å²) in [6, 6.07) is 10.4. The number of rotatable bonds is 9. The van der Waals surface area contributed by atoms with E-state index in [-0.39, 0.29) is 17.4 Å². The second kappa shape index (κ2) is 10.4. The monoisotopic (exact) mass is 404 g/mol. The van der Waals surface area contributed by atoms with Crippen LogP contribution in [0.2, 0.25) is 0 Å². The smallest absolute Gasteiger partial charge is 0.286 e. The summed E-state index contributed by atoms with van der Waals surface area (Å²) in [5.41, 5.74) is 0. The molecule has 1 saturated heterocycles. The molecule has 7 heteroatoms. The first kappa shape index (κ1) is 20.6. The molecule has 0 radical (unpaired) electrons. The van der Waals surface area contributed by atoms with Gasteiger partial charge in [0.05, 0.1) is 23.7 Å². The Morgan fingerprint density at radius 3 is 2.61 bits per heavy atom. The molecule has 1 atom stereocenters. The zero-order chi connectivity index (χ0) is 19.8. The molecule has 1 aliphatic rings. The maximum Gasteiger partial charge on any atom is 0.286 e. The van der Waals surface area contributed by atoms with Crippen molar-refractivity contribution < 1.29 is 18.2 Å². The van der Waals surface area contributed by atoms with Gasteiger partial charge in [0.15, 0.2) is 5.76 Å². The van der Waals surface area contributed by atoms with E-state index in [0.29, 0.717) is 17.2 Å². The van der Waals surface area contributed by atoms with Crippen molar-refractivity contribution in [3.05, 3.63) is 47.9 Å². The molecule has 0 unspecified atom stereocenters. The van der Waals surface area contributed by atoms with Gasteiger partial charge in [-0.15, -0.1) is 0 Å². The summed E-state index contributed by atoms with van der Waals surface area (Å²) < 4.78 is 23.2. The lowest BCUT2D eigenvalue weighted by Crippen LogP contribution is -2.33. The number of piperidine rings is 1. The molecule has 1 aromatic heterocycles. The highest BCUT2D eigenvalue weighted by Crippen LogP contribution is 2.18. The molecule has 2 heterocycles. The Hall–Kier alpha value is -2.12. The minimum absolute atomic E-state index is 0.222. The van der Waals surface area contributed by atoms with E-state index in [1.165, 1.54) is 32.4 Å². The number of hydrogen-bond donors (Lipinski definition) is 1. The van der Waals surface area contributed by atoms with Gasteiger partial charge in [-0.05, 0) is 75.3 Å². The third-order valence-corrected chi connectivity index (χ3v) is 6.21. The van der Waals surface area contributed by atoms with Crippen LogP contribution in [0.5, 0.6) is 5.75 Å². The topological polar surface area (TPSA) is 71.8 Å². The maximum atomic E-state index is 12.5. The van der Waals surface area contributed by atoms with Crippen molar-refractivity contribution in [1.29, 1.82) is 0 Å². The zero-order valence-electron chi connectivity index (χ0n) is 16.3. The van der Waals surface area contributed by atoms with Crippen molar-refractivity contribution in [2.45, 2.75) is 36.3 Å². The van der Waals surface area contributed by atoms with E-state index >= 15 is 0 Å². The van der Waals surface area contributed by atoms with E-state index in [0.717, 1.165) is 18.7 Å². The number of carbonyl (C=O) groups is 1. The lowest BCUT2D eigenvalue weighted by molar-refractivity contribution is 0.0922. The van der Waals surface area contributed by atoms with Crippen LogP contribution in [0.25, 0.3) is 0 Å². The first-order valence-corrected chi connectivity index (χ1v) is 11.1. The molecular formula is C21H28N2O4S. The average molecular weight is 405 g/mol. The Kier molecular flexibility index (Phi) is 7.68. The third kappa shape index (κ3) is 5.94. The number of hydrogen-bond acceptors (Lipinski definition) is 5. The van der Waals surface area contributed by atoms with Gasteiger partial charge >= 0.3 is 0 Å². The van der Waals surface area contributed by atoms with Gasteiger partial charge in [-0.25, -0.2) is 0 Å². The normalized spacial score (nSPS) is 15.9. The minimum atomic E-state index is -1.24. The van der Waals surface area contributed by atoms with Crippen LogP contribution < -0.4 is 10.1 Å². The van der Waals surface area contributed by atoms with Crippen LogP contribution in [-0.4, -0.2) is 48.3 Å². The minimum Gasteiger partial charge on any atom is -0.497 e. The van der Waals surface area contributed by atoms with Crippen LogP contribution in [-0.2, 0) is 16.6 Å². The third-order valence-electron chi connectivity index (χ3n) is 4.87. The van der Waals surface area contributed by atoms with Crippen molar-refractivity contribution >= 4 is 16.7 Å². The first-order chi connectivity index (χ1) is 13.7. The lowest BCUT2D eigenvalue weighted by Gasteiger charge is -2.26. The van der Waals surface area contributed by atoms with E-state index in [4.69, 9.17) is 9.15 Å². The standard InChI is InChI=1S/C21H28N2O4S/c1-26-17-6-9-19(10-7-17)28(25)16-18-8-11-20(27-18)21(24)22-12-5-15-23-13-3-2-4-14-23/h6-11H,2-5,12-16H2,1H3,(H,22,24)/t28-/m0/s1. The summed E-state index contributed by atoms with van der Waals surface area (Å²) in [5, 5.41) is 2.90. The molecule has 0 saturated carbocycles. The van der Waals surface area contributed by atoms with Crippen LogP contribution in [0, 0.1) is 0 Å². The van der Waals surface area contributed by atoms with Crippen molar-refractivity contribution in [3.8, 4) is 5.75 Å². The predicted molar refractivity (Wildman–Crippen MR) is 109 cm³/mol. The highest BCUT2D eigenvalue weighted by Gasteiger charge is 2.14. The second-order valence-corrected chi connectivity index (χ2v) is 8.39. The van der Waals surface area contributed by atoms with Crippen molar-refractivity contribution in [1.82, 2.24) is 10.2 Å². The number of benzene rings is 1. The van der Waals surface area contributed by atoms with Gasteiger partial charge in [-0.2, -0.15) is 0 Å². The number of methoxy groups -OCH3 is 1. The lowest BCUT2D eigenvalue weighted by atomic mass is 10.1. The first-order valence-electron chi connectivity index (χ1n) is 9.77. The van der Waals surface area contributed by atoms with E-state index in [1.807, 2.05) is 0 Å². The molecule has 3 rings (SSSR count). The van der Waals surface area contributed by atoms with Gasteiger partial charge in [-0.1, -0.05) is 6.42 Å². The molecule has 1 fully saturated rings. The molecule has 0 bridgehead atoms. The molecule has 0 spiro atoms. The fourth-order valence-electron chi connectivity index (χ4n) is 3.29. The summed E-state index contributed by atoms with van der Waals surface area (Å²) in [4.78, 5) is 15.4. The summed E-state index contributed by atoms with van der Waals surface area (Å²) in [5.74, 6) is 1.53. The fraction of sp³-hybridized carbons (Fsp3) is 0.476. The summed E-state index contributed by atoms with van der Waals surface area (Å²) >= 11 is 0. The second-order valence-electron chi connectivity index (χ2n) is 6.94. The maximum absolute atomic E-state index is 12.5. The van der Waals surface area contributed by atoms with E-state index in [2.05, 4.69) is 10.2 Å². The quantitative estimate of drug-likeness (QED) is 0.650. The Morgan fingerprint density at radius 1 is 1.14 bits per heavy atom. The highest BCUT2D eigenvalue weighted by atomic mass is 32.2. The van der Waals surface area contributed by atoms with Crippen LogP contribution in [0.4, 0.5) is 0 Å². The van der Waals surface area contributed by atoms with E-state index in [1.54, 1.807) is 43.5 Å². The Labute approximate surface area is 168 Å². The van der Waals surface area contributed by atoms with Crippen LogP contribution >= 0.6 is 0 Å². The number of ether oxygens (including phenoxy) is 1. The number of nitrogens with zero attached hydrogens (tertiary/aromatic N) is 1. The van der Waals surface area contributed by atoms with Crippen LogP contribution in [0.3, 0.4) is 0 Å².